The highest BCUT2D eigenvalue weighted by atomic mass is 32.1. The lowest BCUT2D eigenvalue weighted by Gasteiger charge is -2.19. The van der Waals surface area contributed by atoms with Crippen molar-refractivity contribution >= 4 is 17.2 Å². The Morgan fingerprint density at radius 2 is 2.44 bits per heavy atom. The number of amides is 1. The van der Waals surface area contributed by atoms with Crippen molar-refractivity contribution in [2.75, 3.05) is 6.54 Å². The monoisotopic (exact) mass is 238 g/mol. The van der Waals surface area contributed by atoms with E-state index in [4.69, 9.17) is 5.73 Å². The highest BCUT2D eigenvalue weighted by Gasteiger charge is 2.27. The second-order valence-corrected chi connectivity index (χ2v) is 5.19. The Bertz CT molecular complexity index is 337. The molecule has 0 aromatic carbocycles. The first-order chi connectivity index (χ1) is 7.79. The smallest absolute Gasteiger partial charge is 0.224 e. The van der Waals surface area contributed by atoms with E-state index in [9.17, 15) is 4.79 Å². The zero-order valence-corrected chi connectivity index (χ0v) is 10.1. The number of carbonyl (C=O) groups is 1. The Morgan fingerprint density at radius 1 is 1.56 bits per heavy atom. The predicted octanol–water partition coefficient (Wildman–Crippen LogP) is 1.53. The molecular weight excluding hydrogens is 220 g/mol. The summed E-state index contributed by atoms with van der Waals surface area (Å²) in [7, 11) is 0. The van der Waals surface area contributed by atoms with E-state index in [2.05, 4.69) is 5.32 Å². The Kier molecular flexibility index (Phi) is 3.96. The highest BCUT2D eigenvalue weighted by molar-refractivity contribution is 7.07. The van der Waals surface area contributed by atoms with E-state index in [0.717, 1.165) is 18.4 Å². The second kappa shape index (κ2) is 5.46. The first kappa shape index (κ1) is 11.6. The number of thiophene rings is 1. The fraction of sp³-hybridized carbons (Fsp3) is 0.583. The molecule has 1 fully saturated rings. The van der Waals surface area contributed by atoms with Crippen LogP contribution in [0.1, 0.15) is 24.8 Å². The molecule has 2 unspecified atom stereocenters. The largest absolute Gasteiger partial charge is 0.353 e. The van der Waals surface area contributed by atoms with Crippen LogP contribution in [-0.2, 0) is 11.2 Å². The molecule has 0 spiro atoms. The number of nitrogens with two attached hydrogens (primary N) is 1. The summed E-state index contributed by atoms with van der Waals surface area (Å²) in [4.78, 5) is 11.8. The third-order valence-corrected chi connectivity index (χ3v) is 3.99. The minimum Gasteiger partial charge on any atom is -0.353 e. The summed E-state index contributed by atoms with van der Waals surface area (Å²) < 4.78 is 0. The van der Waals surface area contributed by atoms with Crippen LogP contribution in [0, 0.1) is 5.92 Å². The van der Waals surface area contributed by atoms with Crippen molar-refractivity contribution in [3.8, 4) is 0 Å². The van der Waals surface area contributed by atoms with Gasteiger partial charge in [0.15, 0.2) is 0 Å². The van der Waals surface area contributed by atoms with Gasteiger partial charge in [-0.3, -0.25) is 4.79 Å². The van der Waals surface area contributed by atoms with Crippen molar-refractivity contribution in [1.29, 1.82) is 0 Å². The van der Waals surface area contributed by atoms with Gasteiger partial charge in [-0.1, -0.05) is 6.42 Å². The Hall–Kier alpha value is -0.870. The summed E-state index contributed by atoms with van der Waals surface area (Å²) in [5, 5.41) is 7.13. The molecule has 0 radical (unpaired) electrons. The molecule has 1 amide bonds. The van der Waals surface area contributed by atoms with Gasteiger partial charge in [0, 0.05) is 6.04 Å². The lowest BCUT2D eigenvalue weighted by atomic mass is 10.0. The predicted molar refractivity (Wildman–Crippen MR) is 66.3 cm³/mol. The maximum absolute atomic E-state index is 11.8. The lowest BCUT2D eigenvalue weighted by molar-refractivity contribution is -0.121. The van der Waals surface area contributed by atoms with Crippen LogP contribution < -0.4 is 11.1 Å². The SMILES string of the molecule is NCC1CCCC1NC(=O)Cc1ccsc1. The van der Waals surface area contributed by atoms with E-state index >= 15 is 0 Å². The van der Waals surface area contributed by atoms with Gasteiger partial charge in [-0.2, -0.15) is 11.3 Å². The van der Waals surface area contributed by atoms with E-state index in [0.29, 0.717) is 24.9 Å². The molecule has 0 saturated heterocycles. The van der Waals surface area contributed by atoms with Crippen LogP contribution in [0.25, 0.3) is 0 Å². The molecule has 3 nitrogen and oxygen atoms in total. The molecule has 1 aromatic heterocycles. The van der Waals surface area contributed by atoms with Crippen LogP contribution in [0.4, 0.5) is 0 Å². The van der Waals surface area contributed by atoms with E-state index in [1.165, 1.54) is 6.42 Å². The molecule has 1 aliphatic rings. The minimum atomic E-state index is 0.128. The Balaban J connectivity index is 1.83. The topological polar surface area (TPSA) is 55.1 Å². The average molecular weight is 238 g/mol. The molecule has 1 saturated carbocycles. The van der Waals surface area contributed by atoms with E-state index in [1.54, 1.807) is 11.3 Å². The highest BCUT2D eigenvalue weighted by Crippen LogP contribution is 2.24. The normalized spacial score (nSPS) is 24.6. The molecule has 1 aliphatic carbocycles. The first-order valence-corrected chi connectivity index (χ1v) is 6.74. The third-order valence-electron chi connectivity index (χ3n) is 3.25. The molecule has 4 heteroatoms. The van der Waals surface area contributed by atoms with Crippen molar-refractivity contribution in [1.82, 2.24) is 5.32 Å². The van der Waals surface area contributed by atoms with E-state index in [1.807, 2.05) is 16.8 Å². The van der Waals surface area contributed by atoms with Crippen LogP contribution in [0.3, 0.4) is 0 Å². The fourth-order valence-electron chi connectivity index (χ4n) is 2.35. The maximum atomic E-state index is 11.8. The van der Waals surface area contributed by atoms with Crippen LogP contribution in [-0.4, -0.2) is 18.5 Å². The fourth-order valence-corrected chi connectivity index (χ4v) is 3.01. The molecule has 1 aromatic rings. The van der Waals surface area contributed by atoms with Crippen molar-refractivity contribution in [3.63, 3.8) is 0 Å². The molecule has 0 bridgehead atoms. The van der Waals surface area contributed by atoms with Gasteiger partial charge in [-0.05, 0) is 47.7 Å². The molecule has 3 N–H and O–H groups in total. The summed E-state index contributed by atoms with van der Waals surface area (Å²) in [5.74, 6) is 0.607. The summed E-state index contributed by atoms with van der Waals surface area (Å²) in [6.45, 7) is 0.684. The Labute approximate surface area is 100 Å². The van der Waals surface area contributed by atoms with Crippen LogP contribution in [0.2, 0.25) is 0 Å². The number of nitrogens with one attached hydrogen (secondary N) is 1. The Morgan fingerprint density at radius 3 is 3.12 bits per heavy atom. The molecule has 1 heterocycles. The quantitative estimate of drug-likeness (QED) is 0.836. The lowest BCUT2D eigenvalue weighted by Crippen LogP contribution is -2.40. The molecule has 88 valence electrons. The third kappa shape index (κ3) is 2.83. The summed E-state index contributed by atoms with van der Waals surface area (Å²) >= 11 is 1.63. The molecule has 0 aliphatic heterocycles. The summed E-state index contributed by atoms with van der Waals surface area (Å²) in [6.07, 6.45) is 3.92. The van der Waals surface area contributed by atoms with Crippen LogP contribution in [0.15, 0.2) is 16.8 Å². The van der Waals surface area contributed by atoms with Crippen LogP contribution >= 0.6 is 11.3 Å². The zero-order chi connectivity index (χ0) is 11.4. The van der Waals surface area contributed by atoms with Gasteiger partial charge in [0.25, 0.3) is 0 Å². The number of hydrogen-bond donors (Lipinski definition) is 2. The van der Waals surface area contributed by atoms with E-state index in [-0.39, 0.29) is 5.91 Å². The van der Waals surface area contributed by atoms with Crippen molar-refractivity contribution in [2.45, 2.75) is 31.7 Å². The average Bonchev–Trinajstić information content (AvgIpc) is 2.88. The van der Waals surface area contributed by atoms with Gasteiger partial charge in [0.05, 0.1) is 6.42 Å². The van der Waals surface area contributed by atoms with Crippen molar-refractivity contribution in [2.24, 2.45) is 11.7 Å². The molecule has 16 heavy (non-hydrogen) atoms. The molecule has 2 rings (SSSR count). The van der Waals surface area contributed by atoms with Crippen molar-refractivity contribution in [3.05, 3.63) is 22.4 Å². The minimum absolute atomic E-state index is 0.128. The van der Waals surface area contributed by atoms with E-state index < -0.39 is 0 Å². The maximum Gasteiger partial charge on any atom is 0.224 e. The van der Waals surface area contributed by atoms with Crippen LogP contribution in [0.5, 0.6) is 0 Å². The first-order valence-electron chi connectivity index (χ1n) is 5.80. The summed E-state index contributed by atoms with van der Waals surface area (Å²) in [5.41, 5.74) is 6.79. The standard InChI is InChI=1S/C12H18N2OS/c13-7-10-2-1-3-11(10)14-12(15)6-9-4-5-16-8-9/h4-5,8,10-11H,1-3,6-7,13H2,(H,14,15). The van der Waals surface area contributed by atoms with Gasteiger partial charge in [0.1, 0.15) is 0 Å². The molecular formula is C12H18N2OS. The second-order valence-electron chi connectivity index (χ2n) is 4.41. The summed E-state index contributed by atoms with van der Waals surface area (Å²) in [6, 6.07) is 2.30. The number of carbonyl (C=O) groups excluding carboxylic acids is 1. The number of hydrogen-bond acceptors (Lipinski definition) is 3. The van der Waals surface area contributed by atoms with Gasteiger partial charge in [-0.15, -0.1) is 0 Å². The van der Waals surface area contributed by atoms with Crippen molar-refractivity contribution < 1.29 is 4.79 Å². The van der Waals surface area contributed by atoms with Gasteiger partial charge in [0.2, 0.25) is 5.91 Å². The van der Waals surface area contributed by atoms with Gasteiger partial charge < -0.3 is 11.1 Å². The van der Waals surface area contributed by atoms with Gasteiger partial charge in [-0.25, -0.2) is 0 Å². The zero-order valence-electron chi connectivity index (χ0n) is 9.32. The van der Waals surface area contributed by atoms with Gasteiger partial charge >= 0.3 is 0 Å². The molecule has 2 atom stereocenters. The number of rotatable bonds is 4.